The van der Waals surface area contributed by atoms with Crippen LogP contribution in [0.1, 0.15) is 51.0 Å². The van der Waals surface area contributed by atoms with Crippen LogP contribution in [0.15, 0.2) is 54.7 Å². The summed E-state index contributed by atoms with van der Waals surface area (Å²) >= 11 is 1.01. The predicted molar refractivity (Wildman–Crippen MR) is 130 cm³/mol. The maximum absolute atomic E-state index is 12.8. The molecule has 3 aromatic rings. The largest absolute Gasteiger partial charge is 0.477 e. The lowest BCUT2D eigenvalue weighted by molar-refractivity contribution is -0.123. The van der Waals surface area contributed by atoms with E-state index in [1.54, 1.807) is 0 Å². The number of amides is 2. The molecule has 3 N–H and O–H groups in total. The van der Waals surface area contributed by atoms with Gasteiger partial charge in [0, 0.05) is 5.92 Å². The lowest BCUT2D eigenvalue weighted by Gasteiger charge is -2.19. The maximum Gasteiger partial charge on any atom is 0.407 e. The molecule has 35 heavy (non-hydrogen) atoms. The van der Waals surface area contributed by atoms with Crippen LogP contribution in [-0.4, -0.2) is 40.7 Å². The van der Waals surface area contributed by atoms with Crippen LogP contribution in [0.5, 0.6) is 0 Å². The molecule has 2 aromatic carbocycles. The van der Waals surface area contributed by atoms with E-state index in [9.17, 15) is 14.4 Å². The lowest BCUT2D eigenvalue weighted by atomic mass is 9.98. The number of fused-ring (bicyclic) bond motifs is 3. The third-order valence-corrected chi connectivity index (χ3v) is 7.38. The Morgan fingerprint density at radius 1 is 1.06 bits per heavy atom. The first-order chi connectivity index (χ1) is 17.0. The van der Waals surface area contributed by atoms with Crippen molar-refractivity contribution >= 4 is 29.3 Å². The number of rotatable bonds is 9. The highest BCUT2D eigenvalue weighted by molar-refractivity contribution is 7.13. The molecule has 9 heteroatoms. The summed E-state index contributed by atoms with van der Waals surface area (Å²) in [6.07, 6.45) is 3.24. The Labute approximate surface area is 206 Å². The molecule has 0 bridgehead atoms. The average Bonchev–Trinajstić information content (AvgIpc) is 3.44. The van der Waals surface area contributed by atoms with Gasteiger partial charge in [-0.05, 0) is 34.6 Å². The third-order valence-electron chi connectivity index (χ3n) is 6.40. The van der Waals surface area contributed by atoms with Crippen LogP contribution in [0, 0.1) is 5.92 Å². The van der Waals surface area contributed by atoms with Crippen molar-refractivity contribution in [1.29, 1.82) is 0 Å². The molecule has 2 aliphatic rings. The summed E-state index contributed by atoms with van der Waals surface area (Å²) in [5, 5.41) is 15.0. The number of carboxylic acids is 1. The molecule has 8 nitrogen and oxygen atoms in total. The highest BCUT2D eigenvalue weighted by atomic mass is 32.1. The number of aromatic nitrogens is 1. The minimum Gasteiger partial charge on any atom is -0.477 e. The number of hydrogen-bond donors (Lipinski definition) is 3. The minimum atomic E-state index is -1.05. The van der Waals surface area contributed by atoms with Crippen LogP contribution >= 0.6 is 11.3 Å². The molecule has 1 saturated carbocycles. The van der Waals surface area contributed by atoms with Crippen LogP contribution in [0.25, 0.3) is 11.1 Å². The van der Waals surface area contributed by atoms with Crippen LogP contribution in [0.3, 0.4) is 0 Å². The van der Waals surface area contributed by atoms with Gasteiger partial charge in [0.15, 0.2) is 0 Å². The summed E-state index contributed by atoms with van der Waals surface area (Å²) in [7, 11) is 0. The monoisotopic (exact) mass is 491 g/mol. The number of nitrogens with zero attached hydrogens (tertiary/aromatic N) is 1. The van der Waals surface area contributed by atoms with Gasteiger partial charge in [-0.15, -0.1) is 11.3 Å². The molecule has 0 radical (unpaired) electrons. The summed E-state index contributed by atoms with van der Waals surface area (Å²) in [5.74, 6) is -1.05. The first-order valence-electron chi connectivity index (χ1n) is 11.6. The van der Waals surface area contributed by atoms with Crippen molar-refractivity contribution in [1.82, 2.24) is 15.6 Å². The molecule has 2 amide bonds. The van der Waals surface area contributed by atoms with Crippen molar-refractivity contribution in [3.05, 3.63) is 75.7 Å². The Hall–Kier alpha value is -3.72. The molecule has 1 unspecified atom stereocenters. The second-order valence-corrected chi connectivity index (χ2v) is 9.96. The summed E-state index contributed by atoms with van der Waals surface area (Å²) in [6.45, 7) is 0.277. The van der Waals surface area contributed by atoms with Gasteiger partial charge in [0.25, 0.3) is 0 Å². The molecule has 1 heterocycles. The number of hydrogen-bond acceptors (Lipinski definition) is 6. The van der Waals surface area contributed by atoms with Crippen LogP contribution < -0.4 is 10.6 Å². The van der Waals surface area contributed by atoms with Crippen LogP contribution in [-0.2, 0) is 16.1 Å². The fraction of sp³-hybridized carbons (Fsp3) is 0.308. The number of ether oxygens (including phenoxy) is 1. The Balaban J connectivity index is 1.20. The van der Waals surface area contributed by atoms with Crippen molar-refractivity contribution in [3.8, 4) is 11.1 Å². The Kier molecular flexibility index (Phi) is 6.50. The first-order valence-corrected chi connectivity index (χ1v) is 12.4. The van der Waals surface area contributed by atoms with Gasteiger partial charge in [-0.1, -0.05) is 61.4 Å². The van der Waals surface area contributed by atoms with Gasteiger partial charge in [-0.2, -0.15) is 0 Å². The van der Waals surface area contributed by atoms with Gasteiger partial charge >= 0.3 is 12.1 Å². The van der Waals surface area contributed by atoms with E-state index in [-0.39, 0.29) is 29.9 Å². The van der Waals surface area contributed by atoms with Crippen molar-refractivity contribution < 1.29 is 24.2 Å². The average molecular weight is 492 g/mol. The smallest absolute Gasteiger partial charge is 0.407 e. The zero-order valence-electron chi connectivity index (χ0n) is 18.9. The number of thiazole rings is 1. The molecule has 1 aromatic heterocycles. The van der Waals surface area contributed by atoms with Gasteiger partial charge in [-0.25, -0.2) is 14.6 Å². The van der Waals surface area contributed by atoms with Gasteiger partial charge in [0.1, 0.15) is 22.5 Å². The van der Waals surface area contributed by atoms with E-state index >= 15 is 0 Å². The van der Waals surface area contributed by atoms with Gasteiger partial charge in [0.2, 0.25) is 5.91 Å². The van der Waals surface area contributed by atoms with Crippen LogP contribution in [0.4, 0.5) is 4.79 Å². The lowest BCUT2D eigenvalue weighted by Crippen LogP contribution is -2.47. The predicted octanol–water partition coefficient (Wildman–Crippen LogP) is 4.16. The summed E-state index contributed by atoms with van der Waals surface area (Å²) < 4.78 is 5.61. The summed E-state index contributed by atoms with van der Waals surface area (Å²) in [4.78, 5) is 40.7. The fourth-order valence-corrected chi connectivity index (χ4v) is 5.17. The van der Waals surface area contributed by atoms with Crippen LogP contribution in [0.2, 0.25) is 0 Å². The Morgan fingerprint density at radius 3 is 2.31 bits per heavy atom. The molecule has 0 spiro atoms. The van der Waals surface area contributed by atoms with Gasteiger partial charge in [-0.3, -0.25) is 4.79 Å². The number of nitrogens with one attached hydrogen (secondary N) is 2. The fourth-order valence-electron chi connectivity index (χ4n) is 4.48. The quantitative estimate of drug-likeness (QED) is 0.414. The molecule has 0 saturated heterocycles. The molecular weight excluding hydrogens is 466 g/mol. The molecule has 1 fully saturated rings. The topological polar surface area (TPSA) is 118 Å². The van der Waals surface area contributed by atoms with Crippen molar-refractivity contribution in [2.45, 2.75) is 37.8 Å². The number of alkyl carbamates (subject to hydrolysis) is 1. The Bertz CT molecular complexity index is 1220. The van der Waals surface area contributed by atoms with E-state index in [1.165, 1.54) is 6.20 Å². The number of aromatic carboxylic acids is 1. The second kappa shape index (κ2) is 9.87. The molecular formula is C26H25N3O5S. The zero-order valence-corrected chi connectivity index (χ0v) is 19.7. The third kappa shape index (κ3) is 5.19. The summed E-state index contributed by atoms with van der Waals surface area (Å²) in [6, 6.07) is 15.5. The summed E-state index contributed by atoms with van der Waals surface area (Å²) in [5.41, 5.74) is 4.54. The first kappa shape index (κ1) is 23.0. The van der Waals surface area contributed by atoms with Crippen molar-refractivity contribution in [2.24, 2.45) is 5.92 Å². The normalized spacial score (nSPS) is 15.1. The van der Waals surface area contributed by atoms with E-state index < -0.39 is 18.1 Å². The molecule has 1 atom stereocenters. The van der Waals surface area contributed by atoms with E-state index in [0.29, 0.717) is 17.3 Å². The molecule has 0 aliphatic heterocycles. The van der Waals surface area contributed by atoms with E-state index in [4.69, 9.17) is 9.84 Å². The number of benzene rings is 2. The standard InChI is InChI=1S/C26H25N3O5S/c30-24(28-13-23-27-12-22(35-23)25(31)32)21(11-15-9-10-15)29-26(33)34-14-20-18-7-3-1-5-16(18)17-6-2-4-8-19(17)20/h1-8,12,15,20-21H,9-11,13-14H2,(H,28,30)(H,29,33)(H,31,32). The number of carbonyl (C=O) groups is 3. The number of carbonyl (C=O) groups excluding carboxylic acids is 2. The zero-order chi connectivity index (χ0) is 24.4. The molecule has 5 rings (SSSR count). The maximum atomic E-state index is 12.8. The van der Waals surface area contributed by atoms with E-state index in [1.807, 2.05) is 24.3 Å². The molecule has 2 aliphatic carbocycles. The SMILES string of the molecule is O=C(NC(CC1CC1)C(=O)NCc1ncc(C(=O)O)s1)OCC1c2ccccc2-c2ccccc21. The van der Waals surface area contributed by atoms with Crippen molar-refractivity contribution in [3.63, 3.8) is 0 Å². The van der Waals surface area contributed by atoms with Gasteiger partial charge in [0.05, 0.1) is 12.7 Å². The minimum absolute atomic E-state index is 0.0582. The second-order valence-electron chi connectivity index (χ2n) is 8.84. The highest BCUT2D eigenvalue weighted by Crippen LogP contribution is 2.44. The van der Waals surface area contributed by atoms with Gasteiger partial charge < -0.3 is 20.5 Å². The number of carboxylic acid groups (broad SMARTS) is 1. The van der Waals surface area contributed by atoms with E-state index in [0.717, 1.165) is 46.4 Å². The highest BCUT2D eigenvalue weighted by Gasteiger charge is 2.32. The Morgan fingerprint density at radius 2 is 1.71 bits per heavy atom. The van der Waals surface area contributed by atoms with E-state index in [2.05, 4.69) is 39.9 Å². The molecule has 180 valence electrons. The van der Waals surface area contributed by atoms with Crippen molar-refractivity contribution in [2.75, 3.05) is 6.61 Å².